The number of terminal acetylenes is 1. The van der Waals surface area contributed by atoms with Gasteiger partial charge in [-0.15, -0.1) is 6.42 Å². The molecule has 3 saturated heterocycles. The molecule has 1 aliphatic carbocycles. The molecular formula is C53H67N11O4. The SMILES string of the molecule is C#Cc1ccc(C(C)NC(=O)C2CCCN2C(=O)C(NC(=O)N2CC3(CC(N4CCC(c5cnc(N6CCc7[nH]c(N)c(/C=C(\N)c8ccccc8O)c7C6C)nc5)CC4)C3)C2)C(C)(C)C)cc1. The van der Waals surface area contributed by atoms with Gasteiger partial charge in [-0.25, -0.2) is 14.8 Å². The summed E-state index contributed by atoms with van der Waals surface area (Å²) in [6, 6.07) is 13.2. The third kappa shape index (κ3) is 9.10. The number of fused-ring (bicyclic) bond motifs is 1. The van der Waals surface area contributed by atoms with Crippen LogP contribution in [-0.2, 0) is 16.0 Å². The van der Waals surface area contributed by atoms with Crippen molar-refractivity contribution >= 4 is 41.4 Å². The topological polar surface area (TPSA) is 202 Å². The summed E-state index contributed by atoms with van der Waals surface area (Å²) in [5.41, 5.74) is 19.4. The highest BCUT2D eigenvalue weighted by atomic mass is 16.3. The van der Waals surface area contributed by atoms with E-state index in [1.165, 1.54) is 5.56 Å². The minimum atomic E-state index is -0.772. The number of H-pyrrole nitrogens is 1. The Morgan fingerprint density at radius 2 is 1.68 bits per heavy atom. The van der Waals surface area contributed by atoms with Gasteiger partial charge in [0, 0.05) is 90.1 Å². The third-order valence-corrected chi connectivity index (χ3v) is 15.5. The van der Waals surface area contributed by atoms with Crippen LogP contribution < -0.4 is 27.0 Å². The van der Waals surface area contributed by atoms with Gasteiger partial charge in [-0.3, -0.25) is 9.59 Å². The molecule has 4 fully saturated rings. The van der Waals surface area contributed by atoms with E-state index < -0.39 is 17.5 Å². The smallest absolute Gasteiger partial charge is 0.318 e. The van der Waals surface area contributed by atoms with E-state index in [4.69, 9.17) is 27.9 Å². The number of nitrogens with one attached hydrogen (secondary N) is 3. The van der Waals surface area contributed by atoms with Crippen molar-refractivity contribution in [2.75, 3.05) is 49.9 Å². The van der Waals surface area contributed by atoms with E-state index in [-0.39, 0.29) is 41.1 Å². The Hall–Kier alpha value is -6.53. The maximum atomic E-state index is 14.2. The average molecular weight is 922 g/mol. The number of aromatic nitrogens is 3. The number of amides is 4. The van der Waals surface area contributed by atoms with Crippen molar-refractivity contribution in [3.05, 3.63) is 100.0 Å². The molecule has 4 unspecified atom stereocenters. The highest BCUT2D eigenvalue weighted by molar-refractivity contribution is 5.93. The van der Waals surface area contributed by atoms with Gasteiger partial charge in [-0.05, 0) is 118 Å². The first-order chi connectivity index (χ1) is 32.5. The molecule has 68 heavy (non-hydrogen) atoms. The number of carbonyl (C=O) groups excluding carboxylic acids is 3. The number of hydrogen-bond acceptors (Lipinski definition) is 10. The Balaban J connectivity index is 0.739. The maximum Gasteiger partial charge on any atom is 0.318 e. The van der Waals surface area contributed by atoms with Gasteiger partial charge in [0.25, 0.3) is 0 Å². The van der Waals surface area contributed by atoms with Crippen molar-refractivity contribution in [1.29, 1.82) is 0 Å². The molecule has 358 valence electrons. The van der Waals surface area contributed by atoms with Crippen LogP contribution in [0.15, 0.2) is 60.9 Å². The van der Waals surface area contributed by atoms with Gasteiger partial charge < -0.3 is 51.8 Å². The van der Waals surface area contributed by atoms with Gasteiger partial charge >= 0.3 is 6.03 Å². The second-order valence-corrected chi connectivity index (χ2v) is 21.1. The number of phenolic OH excluding ortho intramolecular Hbond substituents is 1. The zero-order valence-corrected chi connectivity index (χ0v) is 40.1. The second kappa shape index (κ2) is 18.5. The summed E-state index contributed by atoms with van der Waals surface area (Å²) < 4.78 is 0. The Morgan fingerprint density at radius 1 is 0.985 bits per heavy atom. The van der Waals surface area contributed by atoms with E-state index in [0.717, 1.165) is 86.1 Å². The molecule has 15 heteroatoms. The molecule has 5 aliphatic rings. The number of carbonyl (C=O) groups is 3. The fraction of sp³-hybridized carbons (Fsp3) is 0.491. The maximum absolute atomic E-state index is 14.2. The molecule has 4 aliphatic heterocycles. The summed E-state index contributed by atoms with van der Waals surface area (Å²) >= 11 is 0. The number of para-hydroxylation sites is 1. The van der Waals surface area contributed by atoms with E-state index in [9.17, 15) is 19.5 Å². The minimum Gasteiger partial charge on any atom is -0.507 e. The average Bonchev–Trinajstić information content (AvgIpc) is 3.92. The molecule has 2 aromatic carbocycles. The zero-order chi connectivity index (χ0) is 48.1. The van der Waals surface area contributed by atoms with Crippen LogP contribution >= 0.6 is 0 Å². The van der Waals surface area contributed by atoms with Crippen LogP contribution in [0, 0.1) is 23.2 Å². The quantitative estimate of drug-likeness (QED) is 0.0983. The second-order valence-electron chi connectivity index (χ2n) is 21.1. The lowest BCUT2D eigenvalue weighted by atomic mass is 9.60. The van der Waals surface area contributed by atoms with Gasteiger partial charge in [-0.2, -0.15) is 0 Å². The highest BCUT2D eigenvalue weighted by Crippen LogP contribution is 2.51. The largest absolute Gasteiger partial charge is 0.507 e. The molecule has 8 N–H and O–H groups in total. The van der Waals surface area contributed by atoms with Crippen LogP contribution in [0.2, 0.25) is 0 Å². The van der Waals surface area contributed by atoms with Gasteiger partial charge in [0.1, 0.15) is 23.7 Å². The highest BCUT2D eigenvalue weighted by Gasteiger charge is 2.56. The molecule has 2 aromatic heterocycles. The number of urea groups is 1. The normalized spacial score (nSPS) is 21.9. The number of nitrogens with zero attached hydrogens (tertiary/aromatic N) is 6. The Labute approximate surface area is 400 Å². The fourth-order valence-electron chi connectivity index (χ4n) is 11.5. The lowest BCUT2D eigenvalue weighted by molar-refractivity contribution is -0.142. The number of aromatic hydroxyl groups is 1. The first-order valence-corrected chi connectivity index (χ1v) is 24.3. The molecule has 0 radical (unpaired) electrons. The van der Waals surface area contributed by atoms with E-state index in [1.807, 2.05) is 81.4 Å². The van der Waals surface area contributed by atoms with Crippen LogP contribution in [0.1, 0.15) is 130 Å². The van der Waals surface area contributed by atoms with E-state index in [2.05, 4.69) is 38.3 Å². The van der Waals surface area contributed by atoms with E-state index >= 15 is 0 Å². The standard InChI is InChI=1S/C53H67N11O4/c1-7-34-14-16-35(17-15-34)32(2)58-48(66)43-12-10-21-64(43)49(67)46(52(4,5)6)60-51(68)62-30-53(31-62)26-38(27-53)61-22-18-36(19-23-61)37-28-56-50(57-29-37)63-24-20-42-45(33(63)3)40(47(55)59-42)25-41(54)39-11-8-9-13-44(39)65/h1,8-9,11,13-17,25,28-29,32-33,36,38,43,46,59,65H,10,12,18-24,26-27,30-31,54-55H2,2-6H3,(H,58,66)(H,60,68)/b41-25-. The van der Waals surface area contributed by atoms with Crippen molar-refractivity contribution < 1.29 is 19.5 Å². The predicted molar refractivity (Wildman–Crippen MR) is 265 cm³/mol. The Kier molecular flexibility index (Phi) is 12.7. The van der Waals surface area contributed by atoms with Gasteiger partial charge in [0.15, 0.2) is 0 Å². The first kappa shape index (κ1) is 46.6. The number of nitrogens with two attached hydrogens (primary N) is 2. The summed E-state index contributed by atoms with van der Waals surface area (Å²) in [4.78, 5) is 63.0. The molecule has 4 atom stereocenters. The minimum absolute atomic E-state index is 0.0492. The number of anilines is 2. The molecule has 1 saturated carbocycles. The molecule has 4 amide bonds. The molecular weight excluding hydrogens is 855 g/mol. The zero-order valence-electron chi connectivity index (χ0n) is 40.1. The van der Waals surface area contributed by atoms with E-state index in [1.54, 1.807) is 23.1 Å². The molecule has 4 aromatic rings. The van der Waals surface area contributed by atoms with Crippen LogP contribution in [-0.4, -0.2) is 110 Å². The van der Waals surface area contributed by atoms with Crippen LogP contribution in [0.3, 0.4) is 0 Å². The van der Waals surface area contributed by atoms with Crippen molar-refractivity contribution in [3.8, 4) is 18.1 Å². The van der Waals surface area contributed by atoms with Crippen molar-refractivity contribution in [2.24, 2.45) is 16.6 Å². The van der Waals surface area contributed by atoms with Crippen molar-refractivity contribution in [2.45, 2.75) is 116 Å². The number of rotatable bonds is 10. The van der Waals surface area contributed by atoms with Crippen molar-refractivity contribution in [3.63, 3.8) is 0 Å². The molecule has 0 bridgehead atoms. The summed E-state index contributed by atoms with van der Waals surface area (Å²) in [7, 11) is 0. The third-order valence-electron chi connectivity index (χ3n) is 15.5. The number of piperidine rings is 1. The van der Waals surface area contributed by atoms with Gasteiger partial charge in [0.2, 0.25) is 17.8 Å². The molecule has 9 rings (SSSR count). The van der Waals surface area contributed by atoms with Gasteiger partial charge in [-0.1, -0.05) is 51.0 Å². The lowest BCUT2D eigenvalue weighted by Crippen LogP contribution is -2.70. The number of hydrogen-bond donors (Lipinski definition) is 6. The first-order valence-electron chi connectivity index (χ1n) is 24.3. The fourth-order valence-corrected chi connectivity index (χ4v) is 11.5. The summed E-state index contributed by atoms with van der Waals surface area (Å²) in [5, 5.41) is 16.6. The summed E-state index contributed by atoms with van der Waals surface area (Å²) in [5.74, 6) is 3.96. The number of aromatic amines is 1. The monoisotopic (exact) mass is 922 g/mol. The molecule has 15 nitrogen and oxygen atoms in total. The number of likely N-dealkylation sites (tertiary alicyclic amines) is 3. The van der Waals surface area contributed by atoms with Crippen LogP contribution in [0.5, 0.6) is 5.75 Å². The summed E-state index contributed by atoms with van der Waals surface area (Å²) in [6.45, 7) is 14.6. The molecule has 6 heterocycles. The number of phenols is 1. The lowest BCUT2D eigenvalue weighted by Gasteiger charge is -2.61. The van der Waals surface area contributed by atoms with Crippen LogP contribution in [0.25, 0.3) is 11.8 Å². The predicted octanol–water partition coefficient (Wildman–Crippen LogP) is 6.29. The number of nitrogen functional groups attached to an aromatic ring is 1. The molecule has 1 spiro atoms. The van der Waals surface area contributed by atoms with Gasteiger partial charge in [0.05, 0.1) is 12.1 Å². The van der Waals surface area contributed by atoms with E-state index in [0.29, 0.717) is 61.0 Å². The van der Waals surface area contributed by atoms with Crippen LogP contribution in [0.4, 0.5) is 16.6 Å². The van der Waals surface area contributed by atoms with Crippen molar-refractivity contribution in [1.82, 2.24) is 40.3 Å². The number of benzene rings is 2. The Bertz CT molecular complexity index is 2590. The summed E-state index contributed by atoms with van der Waals surface area (Å²) in [6.07, 6.45) is 17.6. The Morgan fingerprint density at radius 3 is 2.34 bits per heavy atom.